The molecule has 0 radical (unpaired) electrons. The standard InChI is InChI=1S/C6H12BrNOS/c1-8(3-4-10-2)6(9)5-7/h3-5H2,1-2H3. The Bertz CT molecular complexity index is 110. The molecule has 0 aliphatic rings. The van der Waals surface area contributed by atoms with Gasteiger partial charge in [-0.3, -0.25) is 4.79 Å². The highest BCUT2D eigenvalue weighted by atomic mass is 79.9. The molecule has 60 valence electrons. The molecule has 0 atom stereocenters. The van der Waals surface area contributed by atoms with E-state index in [0.29, 0.717) is 5.33 Å². The first-order chi connectivity index (χ1) is 4.72. The van der Waals surface area contributed by atoms with Gasteiger partial charge in [-0.1, -0.05) is 15.9 Å². The Balaban J connectivity index is 3.41. The van der Waals surface area contributed by atoms with Gasteiger partial charge in [0.1, 0.15) is 0 Å². The van der Waals surface area contributed by atoms with Crippen LogP contribution in [0.15, 0.2) is 0 Å². The number of hydrogen-bond acceptors (Lipinski definition) is 2. The third kappa shape index (κ3) is 4.17. The average molecular weight is 226 g/mol. The van der Waals surface area contributed by atoms with E-state index in [0.717, 1.165) is 12.3 Å². The second-order valence-electron chi connectivity index (χ2n) is 1.94. The fraction of sp³-hybridized carbons (Fsp3) is 0.833. The predicted octanol–water partition coefficient (Wildman–Crippen LogP) is 1.20. The van der Waals surface area contributed by atoms with Gasteiger partial charge in [0, 0.05) is 19.3 Å². The van der Waals surface area contributed by atoms with Gasteiger partial charge in [0.15, 0.2) is 0 Å². The zero-order chi connectivity index (χ0) is 7.98. The maximum Gasteiger partial charge on any atom is 0.232 e. The second-order valence-corrected chi connectivity index (χ2v) is 3.49. The highest BCUT2D eigenvalue weighted by Crippen LogP contribution is 1.95. The Morgan fingerprint density at radius 1 is 1.70 bits per heavy atom. The fourth-order valence-corrected chi connectivity index (χ4v) is 1.34. The lowest BCUT2D eigenvalue weighted by Crippen LogP contribution is -2.29. The minimum absolute atomic E-state index is 0.147. The molecule has 0 heterocycles. The summed E-state index contributed by atoms with van der Waals surface area (Å²) in [6.07, 6.45) is 2.03. The summed E-state index contributed by atoms with van der Waals surface area (Å²) in [5.41, 5.74) is 0. The van der Waals surface area contributed by atoms with Crippen molar-refractivity contribution in [1.82, 2.24) is 4.90 Å². The summed E-state index contributed by atoms with van der Waals surface area (Å²) in [4.78, 5) is 12.6. The van der Waals surface area contributed by atoms with E-state index in [-0.39, 0.29) is 5.91 Å². The van der Waals surface area contributed by atoms with E-state index in [1.807, 2.05) is 13.3 Å². The van der Waals surface area contributed by atoms with Crippen LogP contribution in [0, 0.1) is 0 Å². The minimum atomic E-state index is 0.147. The van der Waals surface area contributed by atoms with Crippen LogP contribution in [0.1, 0.15) is 0 Å². The highest BCUT2D eigenvalue weighted by Gasteiger charge is 2.03. The van der Waals surface area contributed by atoms with Gasteiger partial charge in [0.25, 0.3) is 0 Å². The van der Waals surface area contributed by atoms with Crippen molar-refractivity contribution >= 4 is 33.6 Å². The Hall–Kier alpha value is 0.300. The van der Waals surface area contributed by atoms with Crippen molar-refractivity contribution in [1.29, 1.82) is 0 Å². The van der Waals surface area contributed by atoms with Gasteiger partial charge in [-0.25, -0.2) is 0 Å². The number of amides is 1. The van der Waals surface area contributed by atoms with Crippen LogP contribution in [-0.4, -0.2) is 41.7 Å². The first-order valence-corrected chi connectivity index (χ1v) is 5.52. The van der Waals surface area contributed by atoms with E-state index in [1.54, 1.807) is 16.7 Å². The van der Waals surface area contributed by atoms with Gasteiger partial charge in [-0.15, -0.1) is 0 Å². The van der Waals surface area contributed by atoms with E-state index in [9.17, 15) is 4.79 Å². The first kappa shape index (κ1) is 10.3. The molecule has 0 aromatic heterocycles. The van der Waals surface area contributed by atoms with Crippen molar-refractivity contribution in [2.24, 2.45) is 0 Å². The summed E-state index contributed by atoms with van der Waals surface area (Å²) in [6.45, 7) is 0.839. The molecule has 0 aromatic rings. The maximum absolute atomic E-state index is 10.9. The molecule has 0 aliphatic heterocycles. The normalized spacial score (nSPS) is 9.50. The Morgan fingerprint density at radius 3 is 2.70 bits per heavy atom. The quantitative estimate of drug-likeness (QED) is 0.671. The SMILES string of the molecule is CSCCN(C)C(=O)CBr. The topological polar surface area (TPSA) is 20.3 Å². The molecule has 0 aliphatic carbocycles. The van der Waals surface area contributed by atoms with Gasteiger partial charge in [-0.05, 0) is 6.26 Å². The number of nitrogens with zero attached hydrogens (tertiary/aromatic N) is 1. The third-order valence-corrected chi connectivity index (χ3v) is 2.24. The average Bonchev–Trinajstić information content (AvgIpc) is 1.98. The summed E-state index contributed by atoms with van der Waals surface area (Å²) in [5.74, 6) is 1.16. The third-order valence-electron chi connectivity index (χ3n) is 1.17. The van der Waals surface area contributed by atoms with Crippen molar-refractivity contribution in [3.63, 3.8) is 0 Å². The van der Waals surface area contributed by atoms with Gasteiger partial charge in [-0.2, -0.15) is 11.8 Å². The van der Waals surface area contributed by atoms with Crippen molar-refractivity contribution < 1.29 is 4.79 Å². The molecule has 0 N–H and O–H groups in total. The molecule has 0 rings (SSSR count). The molecule has 0 bridgehead atoms. The molecule has 0 unspecified atom stereocenters. The number of halogens is 1. The van der Waals surface area contributed by atoms with Crippen LogP contribution in [0.3, 0.4) is 0 Å². The molecule has 1 amide bonds. The summed E-state index contributed by atoms with van der Waals surface area (Å²) < 4.78 is 0. The number of thioether (sulfide) groups is 1. The Morgan fingerprint density at radius 2 is 2.30 bits per heavy atom. The number of rotatable bonds is 4. The number of hydrogen-bond donors (Lipinski definition) is 0. The van der Waals surface area contributed by atoms with Crippen LogP contribution in [0.2, 0.25) is 0 Å². The van der Waals surface area contributed by atoms with E-state index < -0.39 is 0 Å². The van der Waals surface area contributed by atoms with E-state index >= 15 is 0 Å². The maximum atomic E-state index is 10.9. The van der Waals surface area contributed by atoms with E-state index in [2.05, 4.69) is 15.9 Å². The summed E-state index contributed by atoms with van der Waals surface area (Å²) in [5, 5.41) is 0.428. The first-order valence-electron chi connectivity index (χ1n) is 3.01. The van der Waals surface area contributed by atoms with Crippen LogP contribution in [0.5, 0.6) is 0 Å². The molecule has 0 saturated heterocycles. The van der Waals surface area contributed by atoms with Gasteiger partial charge < -0.3 is 4.90 Å². The molecule has 0 aromatic carbocycles. The molecule has 0 fully saturated rings. The van der Waals surface area contributed by atoms with Crippen LogP contribution >= 0.6 is 27.7 Å². The summed E-state index contributed by atoms with van der Waals surface area (Å²) in [7, 11) is 1.82. The largest absolute Gasteiger partial charge is 0.344 e. The number of carbonyl (C=O) groups is 1. The van der Waals surface area contributed by atoms with Crippen molar-refractivity contribution in [3.05, 3.63) is 0 Å². The number of carbonyl (C=O) groups excluding carboxylic acids is 1. The molecular weight excluding hydrogens is 214 g/mol. The molecule has 0 saturated carbocycles. The van der Waals surface area contributed by atoms with Gasteiger partial charge in [0.2, 0.25) is 5.91 Å². The van der Waals surface area contributed by atoms with Crippen molar-refractivity contribution in [2.45, 2.75) is 0 Å². The minimum Gasteiger partial charge on any atom is -0.344 e. The lowest BCUT2D eigenvalue weighted by molar-refractivity contribution is -0.126. The second kappa shape index (κ2) is 6.04. The zero-order valence-electron chi connectivity index (χ0n) is 6.26. The Labute approximate surface area is 74.5 Å². The van der Waals surface area contributed by atoms with E-state index in [4.69, 9.17) is 0 Å². The van der Waals surface area contributed by atoms with Crippen LogP contribution in [0.4, 0.5) is 0 Å². The van der Waals surface area contributed by atoms with Crippen LogP contribution < -0.4 is 0 Å². The zero-order valence-corrected chi connectivity index (χ0v) is 8.67. The molecular formula is C6H12BrNOS. The van der Waals surface area contributed by atoms with Crippen molar-refractivity contribution in [3.8, 4) is 0 Å². The smallest absolute Gasteiger partial charge is 0.232 e. The summed E-state index contributed by atoms with van der Waals surface area (Å²) >= 11 is 4.86. The highest BCUT2D eigenvalue weighted by molar-refractivity contribution is 9.09. The molecule has 4 heteroatoms. The fourth-order valence-electron chi connectivity index (χ4n) is 0.455. The monoisotopic (exact) mass is 225 g/mol. The molecule has 2 nitrogen and oxygen atoms in total. The van der Waals surface area contributed by atoms with Gasteiger partial charge >= 0.3 is 0 Å². The lowest BCUT2D eigenvalue weighted by Gasteiger charge is -2.14. The van der Waals surface area contributed by atoms with Crippen LogP contribution in [0.25, 0.3) is 0 Å². The molecule has 10 heavy (non-hydrogen) atoms. The molecule has 0 spiro atoms. The number of alkyl halides is 1. The van der Waals surface area contributed by atoms with Gasteiger partial charge in [0.05, 0.1) is 5.33 Å². The van der Waals surface area contributed by atoms with E-state index in [1.165, 1.54) is 0 Å². The summed E-state index contributed by atoms with van der Waals surface area (Å²) in [6, 6.07) is 0. The van der Waals surface area contributed by atoms with Crippen LogP contribution in [-0.2, 0) is 4.79 Å². The lowest BCUT2D eigenvalue weighted by atomic mass is 10.5. The Kier molecular flexibility index (Phi) is 6.22. The predicted molar refractivity (Wildman–Crippen MR) is 49.8 cm³/mol. The van der Waals surface area contributed by atoms with Crippen molar-refractivity contribution in [2.75, 3.05) is 30.9 Å².